The van der Waals surface area contributed by atoms with Gasteiger partial charge in [0.1, 0.15) is 29.7 Å². The van der Waals surface area contributed by atoms with Crippen LogP contribution in [-0.2, 0) is 28.7 Å². The predicted octanol–water partition coefficient (Wildman–Crippen LogP) is 7.05. The normalized spacial score (nSPS) is 11.9. The first-order chi connectivity index (χ1) is 21.2. The monoisotopic (exact) mass is 603 g/mol. The fourth-order valence-corrected chi connectivity index (χ4v) is 4.24. The molecule has 4 aromatic carbocycles. The van der Waals surface area contributed by atoms with Crippen LogP contribution in [0.25, 0.3) is 11.0 Å². The molecule has 1 atom stereocenters. The maximum Gasteiger partial charge on any atom is 0.453 e. The van der Waals surface area contributed by atoms with Crippen LogP contribution in [0.5, 0.6) is 17.2 Å². The third kappa shape index (κ3) is 7.43. The molecule has 0 aliphatic heterocycles. The lowest BCUT2D eigenvalue weighted by molar-refractivity contribution is -0.154. The van der Waals surface area contributed by atoms with Crippen molar-refractivity contribution in [3.05, 3.63) is 136 Å². The van der Waals surface area contributed by atoms with E-state index in [4.69, 9.17) is 18.6 Å². The zero-order valence-electron chi connectivity index (χ0n) is 22.9. The van der Waals surface area contributed by atoms with Crippen molar-refractivity contribution >= 4 is 23.0 Å². The Labute approximate surface area is 248 Å². The molecule has 0 unspecified atom stereocenters. The lowest BCUT2D eigenvalue weighted by Gasteiger charge is -2.18. The van der Waals surface area contributed by atoms with Crippen LogP contribution in [0, 0.1) is 0 Å². The number of alkyl halides is 3. The van der Waals surface area contributed by atoms with Crippen molar-refractivity contribution in [1.29, 1.82) is 0 Å². The molecule has 5 rings (SSSR count). The van der Waals surface area contributed by atoms with Crippen molar-refractivity contribution in [3.63, 3.8) is 0 Å². The summed E-state index contributed by atoms with van der Waals surface area (Å²) >= 11 is 0. The summed E-state index contributed by atoms with van der Waals surface area (Å²) in [5.74, 6) is -3.80. The molecule has 44 heavy (non-hydrogen) atoms. The summed E-state index contributed by atoms with van der Waals surface area (Å²) in [6, 6.07) is 27.3. The highest BCUT2D eigenvalue weighted by Gasteiger charge is 2.40. The molecule has 11 heteroatoms. The number of ether oxygens (including phenoxy) is 3. The molecule has 1 amide bonds. The molecule has 0 spiro atoms. The molecule has 0 bridgehead atoms. The summed E-state index contributed by atoms with van der Waals surface area (Å²) in [6.07, 6.45) is -5.92. The van der Waals surface area contributed by atoms with Crippen LogP contribution in [-0.4, -0.2) is 18.1 Å². The highest BCUT2D eigenvalue weighted by molar-refractivity contribution is 5.85. The van der Waals surface area contributed by atoms with Crippen LogP contribution in [0.4, 0.5) is 18.0 Å². The number of rotatable bonds is 9. The van der Waals surface area contributed by atoms with Gasteiger partial charge in [-0.15, -0.1) is 0 Å². The molecule has 8 nitrogen and oxygen atoms in total. The minimum atomic E-state index is -5.07. The Hall–Kier alpha value is -5.58. The summed E-state index contributed by atoms with van der Waals surface area (Å²) in [4.78, 5) is 38.9. The van der Waals surface area contributed by atoms with E-state index in [1.165, 1.54) is 30.3 Å². The van der Waals surface area contributed by atoms with E-state index in [0.717, 1.165) is 17.7 Å². The number of fused-ring (bicyclic) bond motifs is 1. The van der Waals surface area contributed by atoms with Crippen molar-refractivity contribution in [3.8, 4) is 17.2 Å². The van der Waals surface area contributed by atoms with Gasteiger partial charge in [-0.05, 0) is 35.4 Å². The lowest BCUT2D eigenvalue weighted by atomic mass is 10.1. The average Bonchev–Trinajstić information content (AvgIpc) is 3.02. The van der Waals surface area contributed by atoms with E-state index in [1.54, 1.807) is 60.7 Å². The van der Waals surface area contributed by atoms with Gasteiger partial charge in [0.25, 0.3) is 5.76 Å². The molecule has 0 saturated heterocycles. The Morgan fingerprint density at radius 3 is 2.05 bits per heavy atom. The first-order valence-electron chi connectivity index (χ1n) is 13.3. The smallest absolute Gasteiger partial charge is 0.449 e. The van der Waals surface area contributed by atoms with Crippen molar-refractivity contribution in [1.82, 2.24) is 5.32 Å². The second kappa shape index (κ2) is 13.2. The topological polar surface area (TPSA) is 104 Å². The second-order valence-corrected chi connectivity index (χ2v) is 9.53. The number of benzene rings is 4. The van der Waals surface area contributed by atoms with Gasteiger partial charge in [0.15, 0.2) is 0 Å². The van der Waals surface area contributed by atoms with E-state index in [9.17, 15) is 27.6 Å². The van der Waals surface area contributed by atoms with Crippen LogP contribution >= 0.6 is 0 Å². The number of esters is 1. The first-order valence-corrected chi connectivity index (χ1v) is 13.3. The van der Waals surface area contributed by atoms with Crippen LogP contribution in [0.2, 0.25) is 0 Å². The maximum absolute atomic E-state index is 13.9. The number of para-hydroxylation sites is 1. The minimum absolute atomic E-state index is 0.00875. The standard InChI is InChI=1S/C33H24F3NO7/c34-33(35,36)30-29(42-23-14-8-3-9-15-23)28(38)25-17-16-24(19-27(25)44-30)43-31(39)26(18-21-10-4-1-5-11-21)37-32(40)41-20-22-12-6-2-7-13-22/h1-17,19,26H,18,20H2,(H,37,40)/t26-/m0/s1. The van der Waals surface area contributed by atoms with Crippen LogP contribution in [0.3, 0.4) is 0 Å². The largest absolute Gasteiger partial charge is 0.453 e. The van der Waals surface area contributed by atoms with Crippen molar-refractivity contribution in [2.24, 2.45) is 0 Å². The van der Waals surface area contributed by atoms with E-state index < -0.39 is 46.8 Å². The Kier molecular flexibility index (Phi) is 8.94. The average molecular weight is 604 g/mol. The van der Waals surface area contributed by atoms with E-state index in [1.807, 2.05) is 6.07 Å². The molecule has 1 N–H and O–H groups in total. The number of alkyl carbamates (subject to hydrolysis) is 1. The highest BCUT2D eigenvalue weighted by Crippen LogP contribution is 2.38. The number of hydrogen-bond donors (Lipinski definition) is 1. The van der Waals surface area contributed by atoms with E-state index >= 15 is 0 Å². The van der Waals surface area contributed by atoms with E-state index in [-0.39, 0.29) is 29.9 Å². The van der Waals surface area contributed by atoms with Crippen molar-refractivity contribution in [2.45, 2.75) is 25.2 Å². The highest BCUT2D eigenvalue weighted by atomic mass is 19.4. The molecule has 224 valence electrons. The fraction of sp³-hybridized carbons (Fsp3) is 0.121. The molecular formula is C33H24F3NO7. The van der Waals surface area contributed by atoms with Gasteiger partial charge in [-0.3, -0.25) is 4.79 Å². The number of hydrogen-bond acceptors (Lipinski definition) is 7. The molecule has 0 fully saturated rings. The van der Waals surface area contributed by atoms with Crippen molar-refractivity contribution in [2.75, 3.05) is 0 Å². The third-order valence-corrected chi connectivity index (χ3v) is 6.33. The lowest BCUT2D eigenvalue weighted by Crippen LogP contribution is -2.44. The molecule has 1 aromatic heterocycles. The molecule has 0 saturated carbocycles. The molecule has 0 aliphatic rings. The van der Waals surface area contributed by atoms with Gasteiger partial charge in [0.2, 0.25) is 11.2 Å². The molecule has 5 aromatic rings. The van der Waals surface area contributed by atoms with E-state index in [2.05, 4.69) is 5.32 Å². The minimum Gasteiger partial charge on any atom is -0.449 e. The first kappa shape index (κ1) is 29.9. The Morgan fingerprint density at radius 1 is 0.795 bits per heavy atom. The van der Waals surface area contributed by atoms with Gasteiger partial charge < -0.3 is 23.9 Å². The van der Waals surface area contributed by atoms with E-state index in [0.29, 0.717) is 5.56 Å². The predicted molar refractivity (Wildman–Crippen MR) is 153 cm³/mol. The summed E-state index contributed by atoms with van der Waals surface area (Å²) < 4.78 is 62.8. The number of amides is 1. The quantitative estimate of drug-likeness (QED) is 0.142. The van der Waals surface area contributed by atoms with Gasteiger partial charge in [-0.2, -0.15) is 13.2 Å². The summed E-state index contributed by atoms with van der Waals surface area (Å²) in [6.45, 7) is -0.0407. The number of nitrogens with one attached hydrogen (secondary N) is 1. The summed E-state index contributed by atoms with van der Waals surface area (Å²) in [5, 5.41) is 2.26. The second-order valence-electron chi connectivity index (χ2n) is 9.53. The summed E-state index contributed by atoms with van der Waals surface area (Å²) in [5.41, 5.74) is -0.117. The summed E-state index contributed by atoms with van der Waals surface area (Å²) in [7, 11) is 0. The molecule has 0 aliphatic carbocycles. The third-order valence-electron chi connectivity index (χ3n) is 6.33. The zero-order chi connectivity index (χ0) is 31.1. The van der Waals surface area contributed by atoms with Gasteiger partial charge in [0, 0.05) is 12.5 Å². The molecular weight excluding hydrogens is 579 g/mol. The Bertz CT molecular complexity index is 1810. The van der Waals surface area contributed by atoms with Crippen molar-refractivity contribution < 1.29 is 41.4 Å². The van der Waals surface area contributed by atoms with Gasteiger partial charge in [-0.25, -0.2) is 9.59 Å². The van der Waals surface area contributed by atoms with Gasteiger partial charge in [-0.1, -0.05) is 78.9 Å². The number of carbonyl (C=O) groups excluding carboxylic acids is 2. The SMILES string of the molecule is O=C(N[C@@H](Cc1ccccc1)C(=O)Oc1ccc2c(=O)c(Oc3ccccc3)c(C(F)(F)F)oc2c1)OCc1ccccc1. The zero-order valence-corrected chi connectivity index (χ0v) is 22.9. The van der Waals surface area contributed by atoms with Gasteiger partial charge >= 0.3 is 18.2 Å². The number of carbonyl (C=O) groups is 2. The molecule has 0 radical (unpaired) electrons. The fourth-order valence-electron chi connectivity index (χ4n) is 4.24. The van der Waals surface area contributed by atoms with Gasteiger partial charge in [0.05, 0.1) is 5.39 Å². The van der Waals surface area contributed by atoms with Crippen LogP contribution in [0.15, 0.2) is 118 Å². The molecule has 1 heterocycles. The Morgan fingerprint density at radius 2 is 1.41 bits per heavy atom. The number of halogens is 3. The Balaban J connectivity index is 1.39. The van der Waals surface area contributed by atoms with Crippen LogP contribution in [0.1, 0.15) is 16.9 Å². The maximum atomic E-state index is 13.9. The van der Waals surface area contributed by atoms with Crippen LogP contribution < -0.4 is 20.2 Å².